The fourth-order valence-corrected chi connectivity index (χ4v) is 3.62. The van der Waals surface area contributed by atoms with E-state index in [0.717, 1.165) is 36.0 Å². The molecule has 18 heavy (non-hydrogen) atoms. The third-order valence-electron chi connectivity index (χ3n) is 3.48. The molecule has 0 bridgehead atoms. The molecule has 96 valence electrons. The molecule has 0 saturated carbocycles. The second kappa shape index (κ2) is 4.40. The lowest BCUT2D eigenvalue weighted by Crippen LogP contribution is -2.50. The number of hydrogen-bond donors (Lipinski definition) is 1. The summed E-state index contributed by atoms with van der Waals surface area (Å²) < 4.78 is 1.18. The van der Waals surface area contributed by atoms with Crippen molar-refractivity contribution in [3.05, 3.63) is 18.2 Å². The molecule has 3 rings (SSSR count). The van der Waals surface area contributed by atoms with Crippen LogP contribution in [-0.4, -0.2) is 42.6 Å². The Kier molecular flexibility index (Phi) is 2.87. The van der Waals surface area contributed by atoms with E-state index in [1.165, 1.54) is 4.70 Å². The van der Waals surface area contributed by atoms with Crippen LogP contribution in [0, 0.1) is 0 Å². The van der Waals surface area contributed by atoms with Gasteiger partial charge in [0.05, 0.1) is 10.2 Å². The smallest absolute Gasteiger partial charge is 0.186 e. The zero-order valence-electron chi connectivity index (χ0n) is 10.8. The molecule has 1 fully saturated rings. The first-order chi connectivity index (χ1) is 8.63. The quantitative estimate of drug-likeness (QED) is 0.799. The average molecular weight is 262 g/mol. The minimum absolute atomic E-state index is 0.515. The van der Waals surface area contributed by atoms with Crippen molar-refractivity contribution < 1.29 is 0 Å². The molecular formula is C13H18N4S. The van der Waals surface area contributed by atoms with Crippen LogP contribution in [0.5, 0.6) is 0 Å². The van der Waals surface area contributed by atoms with Gasteiger partial charge in [-0.1, -0.05) is 11.3 Å². The maximum absolute atomic E-state index is 5.82. The molecule has 5 heteroatoms. The average Bonchev–Trinajstić information content (AvgIpc) is 2.71. The molecule has 0 radical (unpaired) electrons. The standard InChI is InChI=1S/C13H18N4S/c1-9-8-16(2)5-6-17(9)13-15-11-4-3-10(14)7-12(11)18-13/h3-4,7,9H,5-6,8,14H2,1-2H3. The highest BCUT2D eigenvalue weighted by Crippen LogP contribution is 2.31. The maximum Gasteiger partial charge on any atom is 0.186 e. The van der Waals surface area contributed by atoms with Gasteiger partial charge in [0.1, 0.15) is 0 Å². The van der Waals surface area contributed by atoms with Crippen LogP contribution in [0.4, 0.5) is 10.8 Å². The summed E-state index contributed by atoms with van der Waals surface area (Å²) >= 11 is 1.74. The molecule has 1 saturated heterocycles. The number of nitrogen functional groups attached to an aromatic ring is 1. The number of fused-ring (bicyclic) bond motifs is 1. The number of nitrogens with zero attached hydrogens (tertiary/aromatic N) is 3. The third-order valence-corrected chi connectivity index (χ3v) is 4.53. The van der Waals surface area contributed by atoms with Crippen LogP contribution in [0.15, 0.2) is 18.2 Å². The lowest BCUT2D eigenvalue weighted by atomic mass is 10.2. The zero-order valence-corrected chi connectivity index (χ0v) is 11.6. The minimum atomic E-state index is 0.515. The van der Waals surface area contributed by atoms with Gasteiger partial charge in [0, 0.05) is 31.4 Å². The number of anilines is 2. The Hall–Kier alpha value is -1.33. The Morgan fingerprint density at radius 2 is 2.22 bits per heavy atom. The Labute approximate surface area is 111 Å². The predicted molar refractivity (Wildman–Crippen MR) is 78.3 cm³/mol. The summed E-state index contributed by atoms with van der Waals surface area (Å²) in [6.45, 7) is 5.50. The van der Waals surface area contributed by atoms with E-state index in [2.05, 4.69) is 23.8 Å². The van der Waals surface area contributed by atoms with Crippen molar-refractivity contribution in [3.63, 3.8) is 0 Å². The van der Waals surface area contributed by atoms with Gasteiger partial charge >= 0.3 is 0 Å². The van der Waals surface area contributed by atoms with Gasteiger partial charge in [0.25, 0.3) is 0 Å². The van der Waals surface area contributed by atoms with E-state index in [1.54, 1.807) is 11.3 Å². The normalized spacial score (nSPS) is 21.7. The van der Waals surface area contributed by atoms with Crippen molar-refractivity contribution in [1.29, 1.82) is 0 Å². The number of aromatic nitrogens is 1. The van der Waals surface area contributed by atoms with Crippen LogP contribution >= 0.6 is 11.3 Å². The topological polar surface area (TPSA) is 45.4 Å². The second-order valence-electron chi connectivity index (χ2n) is 5.03. The summed E-state index contributed by atoms with van der Waals surface area (Å²) in [5, 5.41) is 1.12. The SMILES string of the molecule is CC1CN(C)CCN1c1nc2ccc(N)cc2s1. The van der Waals surface area contributed by atoms with Gasteiger partial charge < -0.3 is 15.5 Å². The largest absolute Gasteiger partial charge is 0.399 e. The van der Waals surface area contributed by atoms with Crippen molar-refractivity contribution in [2.45, 2.75) is 13.0 Å². The van der Waals surface area contributed by atoms with Crippen molar-refractivity contribution in [2.24, 2.45) is 0 Å². The number of thiazole rings is 1. The molecule has 1 aliphatic rings. The number of nitrogens with two attached hydrogens (primary N) is 1. The van der Waals surface area contributed by atoms with Crippen molar-refractivity contribution in [2.75, 3.05) is 37.3 Å². The van der Waals surface area contributed by atoms with Gasteiger partial charge in [0.15, 0.2) is 5.13 Å². The highest BCUT2D eigenvalue weighted by Gasteiger charge is 2.24. The number of likely N-dealkylation sites (N-methyl/N-ethyl adjacent to an activating group) is 1. The van der Waals surface area contributed by atoms with E-state index in [4.69, 9.17) is 10.7 Å². The first-order valence-electron chi connectivity index (χ1n) is 6.25. The molecular weight excluding hydrogens is 244 g/mol. The maximum atomic E-state index is 5.82. The van der Waals surface area contributed by atoms with Gasteiger partial charge in [-0.3, -0.25) is 0 Å². The molecule has 2 N–H and O–H groups in total. The number of piperazine rings is 1. The molecule has 1 aliphatic heterocycles. The number of hydrogen-bond acceptors (Lipinski definition) is 5. The van der Waals surface area contributed by atoms with Gasteiger partial charge in [-0.2, -0.15) is 0 Å². The lowest BCUT2D eigenvalue weighted by Gasteiger charge is -2.38. The van der Waals surface area contributed by atoms with Crippen molar-refractivity contribution in [3.8, 4) is 0 Å². The van der Waals surface area contributed by atoms with Crippen LogP contribution in [0.1, 0.15) is 6.92 Å². The predicted octanol–water partition coefficient (Wildman–Crippen LogP) is 2.02. The fourth-order valence-electron chi connectivity index (χ4n) is 2.48. The molecule has 1 aromatic heterocycles. The van der Waals surface area contributed by atoms with Crippen LogP contribution < -0.4 is 10.6 Å². The first kappa shape index (κ1) is 11.7. The molecule has 2 heterocycles. The minimum Gasteiger partial charge on any atom is -0.399 e. The number of rotatable bonds is 1. The summed E-state index contributed by atoms with van der Waals surface area (Å²) in [6.07, 6.45) is 0. The third kappa shape index (κ3) is 2.04. The van der Waals surface area contributed by atoms with Crippen LogP contribution in [0.25, 0.3) is 10.2 Å². The van der Waals surface area contributed by atoms with E-state index in [9.17, 15) is 0 Å². The Morgan fingerprint density at radius 1 is 1.39 bits per heavy atom. The molecule has 1 atom stereocenters. The van der Waals surface area contributed by atoms with Crippen LogP contribution in [0.3, 0.4) is 0 Å². The highest BCUT2D eigenvalue weighted by atomic mass is 32.1. The summed E-state index contributed by atoms with van der Waals surface area (Å²) in [7, 11) is 2.17. The van der Waals surface area contributed by atoms with E-state index in [1.807, 2.05) is 18.2 Å². The van der Waals surface area contributed by atoms with Gasteiger partial charge in [-0.05, 0) is 32.2 Å². The van der Waals surface area contributed by atoms with E-state index in [0.29, 0.717) is 6.04 Å². The van der Waals surface area contributed by atoms with Gasteiger partial charge in [-0.25, -0.2) is 4.98 Å². The molecule has 0 amide bonds. The fraction of sp³-hybridized carbons (Fsp3) is 0.462. The molecule has 1 aromatic carbocycles. The van der Waals surface area contributed by atoms with Gasteiger partial charge in [0.2, 0.25) is 0 Å². The summed E-state index contributed by atoms with van der Waals surface area (Å²) in [4.78, 5) is 9.49. The summed E-state index contributed by atoms with van der Waals surface area (Å²) in [5.74, 6) is 0. The highest BCUT2D eigenvalue weighted by molar-refractivity contribution is 7.22. The Morgan fingerprint density at radius 3 is 3.00 bits per heavy atom. The molecule has 0 aliphatic carbocycles. The second-order valence-corrected chi connectivity index (χ2v) is 6.04. The zero-order chi connectivity index (χ0) is 12.7. The summed E-state index contributed by atoms with van der Waals surface area (Å²) in [5.41, 5.74) is 7.68. The lowest BCUT2D eigenvalue weighted by molar-refractivity contribution is 0.275. The molecule has 2 aromatic rings. The molecule has 1 unspecified atom stereocenters. The van der Waals surface area contributed by atoms with Crippen molar-refractivity contribution in [1.82, 2.24) is 9.88 Å². The summed E-state index contributed by atoms with van der Waals surface area (Å²) in [6, 6.07) is 6.45. The monoisotopic (exact) mass is 262 g/mol. The van der Waals surface area contributed by atoms with Crippen LogP contribution in [-0.2, 0) is 0 Å². The van der Waals surface area contributed by atoms with E-state index < -0.39 is 0 Å². The van der Waals surface area contributed by atoms with Crippen LogP contribution in [0.2, 0.25) is 0 Å². The molecule has 4 nitrogen and oxygen atoms in total. The van der Waals surface area contributed by atoms with Crippen molar-refractivity contribution >= 4 is 32.4 Å². The molecule has 0 spiro atoms. The first-order valence-corrected chi connectivity index (χ1v) is 7.06. The Balaban J connectivity index is 1.94. The Bertz CT molecular complexity index is 565. The number of benzene rings is 1. The van der Waals surface area contributed by atoms with E-state index in [-0.39, 0.29) is 0 Å². The van der Waals surface area contributed by atoms with E-state index >= 15 is 0 Å². The van der Waals surface area contributed by atoms with Gasteiger partial charge in [-0.15, -0.1) is 0 Å².